The third kappa shape index (κ3) is 20.5. The van der Waals surface area contributed by atoms with E-state index in [0.717, 1.165) is 115 Å². The average Bonchev–Trinajstić information content (AvgIpc) is 1.17. The number of non-ortho nitro benzene ring substituents is 1. The summed E-state index contributed by atoms with van der Waals surface area (Å²) in [4.78, 5) is 32.8. The molecular formula is C100H120N10O12S4. The molecule has 5 aliphatic carbocycles. The fourth-order valence-corrected chi connectivity index (χ4v) is 25.2. The van der Waals surface area contributed by atoms with Crippen molar-refractivity contribution >= 4 is 70.0 Å². The summed E-state index contributed by atoms with van der Waals surface area (Å²) in [6.07, 6.45) is 25.7. The Morgan fingerprint density at radius 3 is 1.06 bits per heavy atom. The highest BCUT2D eigenvalue weighted by molar-refractivity contribution is 7.90. The van der Waals surface area contributed by atoms with Crippen LogP contribution in [0.3, 0.4) is 0 Å². The van der Waals surface area contributed by atoms with Crippen LogP contribution < -0.4 is 5.32 Å². The highest BCUT2D eigenvalue weighted by atomic mass is 32.2. The first-order valence-corrected chi connectivity index (χ1v) is 50.0. The van der Waals surface area contributed by atoms with Gasteiger partial charge in [0.15, 0.2) is 0 Å². The number of likely N-dealkylation sites (tertiary alicyclic amines) is 4. The lowest BCUT2D eigenvalue weighted by atomic mass is 9.83. The summed E-state index contributed by atoms with van der Waals surface area (Å²) in [6.45, 7) is 15.8. The number of hydrogen-bond donors (Lipinski definition) is 1. The van der Waals surface area contributed by atoms with Gasteiger partial charge in [0.1, 0.15) is 6.10 Å². The Balaban J connectivity index is 0.000000129. The van der Waals surface area contributed by atoms with Crippen molar-refractivity contribution in [2.24, 2.45) is 0 Å². The van der Waals surface area contributed by atoms with Gasteiger partial charge in [0.25, 0.3) is 5.69 Å². The van der Waals surface area contributed by atoms with Gasteiger partial charge in [-0.1, -0.05) is 205 Å². The summed E-state index contributed by atoms with van der Waals surface area (Å²) in [5, 5.41) is 14.4. The van der Waals surface area contributed by atoms with Crippen molar-refractivity contribution in [3.8, 4) is 0 Å². The van der Waals surface area contributed by atoms with Crippen molar-refractivity contribution in [2.75, 3.05) is 87.6 Å². The molecule has 1 N–H and O–H groups in total. The first-order chi connectivity index (χ1) is 60.6. The minimum Gasteiger partial charge on any atom is -0.456 e. The smallest absolute Gasteiger partial charge is 0.303 e. The van der Waals surface area contributed by atoms with Crippen LogP contribution >= 0.6 is 0 Å². The minimum absolute atomic E-state index is 0.0507. The van der Waals surface area contributed by atoms with E-state index in [2.05, 4.69) is 111 Å². The summed E-state index contributed by atoms with van der Waals surface area (Å²) < 4.78 is 118. The maximum absolute atomic E-state index is 13.4. The Kier molecular flexibility index (Phi) is 30.1. The van der Waals surface area contributed by atoms with E-state index >= 15 is 0 Å². The molecule has 4 heterocycles. The molecule has 26 heteroatoms. The van der Waals surface area contributed by atoms with E-state index in [1.807, 2.05) is 118 Å². The van der Waals surface area contributed by atoms with Crippen LogP contribution in [0.4, 0.5) is 5.69 Å². The van der Waals surface area contributed by atoms with Gasteiger partial charge in [-0.15, -0.1) is 0 Å². The molecule has 9 aliphatic rings. The van der Waals surface area contributed by atoms with Crippen molar-refractivity contribution in [3.05, 3.63) is 319 Å². The van der Waals surface area contributed by atoms with Crippen LogP contribution in [0.2, 0.25) is 0 Å². The largest absolute Gasteiger partial charge is 0.456 e. The van der Waals surface area contributed by atoms with Gasteiger partial charge < -0.3 is 10.1 Å². The van der Waals surface area contributed by atoms with Crippen LogP contribution in [0.5, 0.6) is 0 Å². The molecule has 0 amide bonds. The van der Waals surface area contributed by atoms with Crippen LogP contribution in [0.25, 0.3) is 18.2 Å². The number of nitrogens with one attached hydrogen (secondary N) is 1. The lowest BCUT2D eigenvalue weighted by Crippen LogP contribution is -2.48. The number of likely N-dealkylation sites (N-methyl/N-ethyl adjacent to an activating group) is 5. The number of nitrogens with zero attached hydrogens (tertiary/aromatic N) is 9. The number of sulfonamides is 4. The maximum Gasteiger partial charge on any atom is 0.303 e. The molecule has 0 unspecified atom stereocenters. The van der Waals surface area contributed by atoms with E-state index in [9.17, 15) is 48.6 Å². The molecule has 0 aromatic heterocycles. The van der Waals surface area contributed by atoms with Gasteiger partial charge >= 0.3 is 5.97 Å². The first-order valence-electron chi connectivity index (χ1n) is 44.2. The zero-order chi connectivity index (χ0) is 89.2. The predicted octanol–water partition coefficient (Wildman–Crippen LogP) is 16.7. The molecule has 18 rings (SSSR count). The molecule has 4 aliphatic heterocycles. The number of aryl methyl sites for hydroxylation is 5. The van der Waals surface area contributed by atoms with Crippen molar-refractivity contribution in [1.82, 2.24) is 42.1 Å². The fourth-order valence-electron chi connectivity index (χ4n) is 19.8. The molecule has 4 fully saturated rings. The van der Waals surface area contributed by atoms with E-state index in [0.29, 0.717) is 21.9 Å². The van der Waals surface area contributed by atoms with Crippen LogP contribution in [0.1, 0.15) is 174 Å². The number of carbonyl (C=O) groups is 1. The third-order valence-corrected chi connectivity index (χ3v) is 34.0. The second-order valence-electron chi connectivity index (χ2n) is 34.4. The summed E-state index contributed by atoms with van der Waals surface area (Å²) in [5.74, 6) is -0.454. The zero-order valence-corrected chi connectivity index (χ0v) is 77.0. The Bertz CT molecular complexity index is 5860. The Morgan fingerprint density at radius 2 is 0.683 bits per heavy atom. The molecule has 0 bridgehead atoms. The summed E-state index contributed by atoms with van der Waals surface area (Å²) >= 11 is 0. The number of benzene rings is 9. The Hall–Kier alpha value is -9.49. The molecule has 9 aromatic rings. The number of rotatable bonds is 19. The van der Waals surface area contributed by atoms with E-state index in [4.69, 9.17) is 4.74 Å². The molecule has 9 aromatic carbocycles. The topological polar surface area (TPSA) is 244 Å². The highest BCUT2D eigenvalue weighted by Crippen LogP contribution is 2.45. The van der Waals surface area contributed by atoms with Crippen molar-refractivity contribution in [3.63, 3.8) is 0 Å². The lowest BCUT2D eigenvalue weighted by Gasteiger charge is -2.43. The fraction of sp³-hybridized carbons (Fsp3) is 0.390. The van der Waals surface area contributed by atoms with Gasteiger partial charge in [-0.3, -0.25) is 34.5 Å². The minimum atomic E-state index is -3.84. The maximum atomic E-state index is 13.4. The first kappa shape index (κ1) is 92.7. The van der Waals surface area contributed by atoms with Gasteiger partial charge in [-0.2, -0.15) is 17.2 Å². The van der Waals surface area contributed by atoms with E-state index in [1.54, 1.807) is 89.9 Å². The highest BCUT2D eigenvalue weighted by Gasteiger charge is 2.45. The number of carbonyl (C=O) groups excluding carboxylic acids is 1. The number of ether oxygens (including phenoxy) is 1. The average molecular weight is 1780 g/mol. The molecule has 0 radical (unpaired) electrons. The number of esters is 1. The molecule has 0 spiro atoms. The molecule has 0 saturated carbocycles. The predicted molar refractivity (Wildman–Crippen MR) is 499 cm³/mol. The van der Waals surface area contributed by atoms with E-state index in [1.165, 1.54) is 128 Å². The Morgan fingerprint density at radius 1 is 0.381 bits per heavy atom. The number of nitro benzene ring substituents is 1. The monoisotopic (exact) mass is 1780 g/mol. The molecule has 4 saturated heterocycles. The Labute approximate surface area is 746 Å². The second-order valence-corrected chi connectivity index (χ2v) is 42.4. The second kappa shape index (κ2) is 40.9. The summed E-state index contributed by atoms with van der Waals surface area (Å²) in [5.41, 5.74) is 14.4. The van der Waals surface area contributed by atoms with Crippen LogP contribution in [-0.2, 0) is 62.5 Å². The van der Waals surface area contributed by atoms with Gasteiger partial charge in [0.05, 0.1) is 48.7 Å². The third-order valence-electron chi connectivity index (χ3n) is 26.6. The van der Waals surface area contributed by atoms with Gasteiger partial charge in [0, 0.05) is 77.5 Å². The van der Waals surface area contributed by atoms with Crippen molar-refractivity contribution in [1.29, 1.82) is 0 Å². The van der Waals surface area contributed by atoms with Gasteiger partial charge in [-0.25, -0.2) is 33.7 Å². The number of fused-ring (bicyclic) bond motifs is 5. The quantitative estimate of drug-likeness (QED) is 0.0449. The van der Waals surface area contributed by atoms with Crippen LogP contribution in [0.15, 0.2) is 256 Å². The van der Waals surface area contributed by atoms with Gasteiger partial charge in [-0.05, 0) is 267 Å². The molecule has 666 valence electrons. The molecule has 22 nitrogen and oxygen atoms in total. The molecule has 126 heavy (non-hydrogen) atoms. The van der Waals surface area contributed by atoms with E-state index < -0.39 is 63.1 Å². The van der Waals surface area contributed by atoms with Crippen molar-refractivity contribution < 1.29 is 48.1 Å². The SMILES string of the molecule is CC(=O)O[C@@H]1C=Cc2ccccc2[C@H]1N(C)S(=O)(=O)c1ccc(C)cc1.CN([C@@H]1c2ccccc2C=C[C@H]1N1CCCC1)S(=O)(=O)c1ccc([N+](=O)[O-])cc1.CN[C@@H]1c2ccccc2CC[C@H]1N1CCCC1.Cc1ccc(S(=O)(=O)N(C)[C@@H]2c3ccccc3C=C[C@H]2N2CCCC2)cc1.Cc1ccc(S(=O)(=O)N(C)[C@@H]2c3ccccc3CC[C@H]2N2CCCC2)cc1. The van der Waals surface area contributed by atoms with Crippen LogP contribution in [0, 0.1) is 30.9 Å². The zero-order valence-electron chi connectivity index (χ0n) is 73.7. The van der Waals surface area contributed by atoms with E-state index in [-0.39, 0.29) is 51.7 Å². The lowest BCUT2D eigenvalue weighted by molar-refractivity contribution is -0.384. The standard InChI is InChI=1S/C22H28N2O2S.C22H26N2O2S.C21H23N3O4S.C20H21NO4S.C15H22N2/c2*1-17-9-12-19(13-10-17)27(25,26)23(2)22-20-8-4-3-7-18(20)11-14-21(22)24-15-5-6-16-24;1-22(29(27,28)18-11-9-17(10-12-18)24(25)26)21-19-7-3-2-6-16(19)8-13-20(21)23-14-4-5-15-23;1-14-8-11-17(12-9-14)26(23,24)21(3)20-18-7-5-4-6-16(18)10-13-19(20)25-15(2)22;1-16-15-13-7-3-2-6-12(13)8-9-14(15)17-10-4-5-11-17/h3-4,7-10,12-13,21-22H,5-6,11,14-16H2,1-2H3;3-4,7-14,21-22H,5-6,15-16H2,1-2H3;2-3,6-13,20-21H,4-5,14-15H2,1H3;4-13,19-20H,1-3H3;2-3,6-7,14-16H,4-5,8-11H2,1H3/t2*21-,22-;20-,21-;19-,20-;14-,15-/m11111/s1. The normalized spacial score (nSPS) is 22.9. The molecular weight excluding hydrogens is 1660 g/mol. The summed E-state index contributed by atoms with van der Waals surface area (Å²) in [6, 6.07) is 67.0. The van der Waals surface area contributed by atoms with Gasteiger partial charge in [0.2, 0.25) is 40.1 Å². The number of hydrogen-bond acceptors (Lipinski definition) is 17. The number of nitro groups is 1. The summed E-state index contributed by atoms with van der Waals surface area (Å²) in [7, 11) is -6.04. The molecule has 10 atom stereocenters. The van der Waals surface area contributed by atoms with Crippen molar-refractivity contribution in [2.45, 2.75) is 185 Å². The van der Waals surface area contributed by atoms with Crippen LogP contribution in [-0.4, -0.2) is 199 Å².